The fraction of sp³-hybridized carbons (Fsp3) is 0.278. The number of benzene rings is 2. The van der Waals surface area contributed by atoms with Gasteiger partial charge in [0.2, 0.25) is 5.91 Å². The van der Waals surface area contributed by atoms with Crippen molar-refractivity contribution in [1.29, 1.82) is 0 Å². The molecule has 0 aliphatic carbocycles. The second kappa shape index (κ2) is 6.93. The van der Waals surface area contributed by atoms with Crippen LogP contribution in [0.3, 0.4) is 0 Å². The van der Waals surface area contributed by atoms with Gasteiger partial charge in [0.1, 0.15) is 5.75 Å². The third-order valence-electron chi connectivity index (χ3n) is 3.60. The van der Waals surface area contributed by atoms with Gasteiger partial charge in [-0.05, 0) is 42.2 Å². The minimum Gasteiger partial charge on any atom is -0.493 e. The van der Waals surface area contributed by atoms with Gasteiger partial charge in [-0.15, -0.1) is 0 Å². The minimum absolute atomic E-state index is 0.291. The summed E-state index contributed by atoms with van der Waals surface area (Å²) in [5.74, 6) is 0.640. The molecule has 3 heteroatoms. The van der Waals surface area contributed by atoms with Gasteiger partial charge in [-0.1, -0.05) is 36.4 Å². The molecule has 0 fully saturated rings. The number of rotatable bonds is 6. The molecule has 0 saturated heterocycles. The van der Waals surface area contributed by atoms with Crippen LogP contribution >= 0.6 is 0 Å². The van der Waals surface area contributed by atoms with E-state index in [-0.39, 0.29) is 5.91 Å². The summed E-state index contributed by atoms with van der Waals surface area (Å²) in [6.07, 6.45) is 1.13. The van der Waals surface area contributed by atoms with Crippen molar-refractivity contribution in [3.63, 3.8) is 0 Å². The van der Waals surface area contributed by atoms with Crippen LogP contribution in [-0.2, 0) is 17.6 Å². The number of ether oxygens (including phenoxy) is 1. The zero-order chi connectivity index (χ0) is 15.2. The smallest absolute Gasteiger partial charge is 0.221 e. The number of primary amides is 1. The summed E-state index contributed by atoms with van der Waals surface area (Å²) in [6.45, 7) is 4.79. The van der Waals surface area contributed by atoms with Crippen LogP contribution in [0.4, 0.5) is 0 Å². The van der Waals surface area contributed by atoms with E-state index in [2.05, 4.69) is 19.9 Å². The van der Waals surface area contributed by atoms with Crippen molar-refractivity contribution in [2.45, 2.75) is 26.7 Å². The summed E-state index contributed by atoms with van der Waals surface area (Å²) in [6, 6.07) is 14.0. The lowest BCUT2D eigenvalue weighted by molar-refractivity contribution is -0.117. The maximum atomic E-state index is 10.8. The molecule has 0 radical (unpaired) electrons. The molecule has 2 aromatic carbocycles. The van der Waals surface area contributed by atoms with Gasteiger partial charge in [0.25, 0.3) is 0 Å². The first-order chi connectivity index (χ1) is 10.1. The molecule has 2 aromatic rings. The Balaban J connectivity index is 1.88. The molecular formula is C18H21NO2. The molecule has 2 N–H and O–H groups in total. The second-order valence-corrected chi connectivity index (χ2v) is 5.26. The van der Waals surface area contributed by atoms with Crippen molar-refractivity contribution in [2.75, 3.05) is 6.61 Å². The highest BCUT2D eigenvalue weighted by Gasteiger charge is 2.02. The maximum Gasteiger partial charge on any atom is 0.221 e. The van der Waals surface area contributed by atoms with E-state index < -0.39 is 0 Å². The Bertz CT molecular complexity index is 618. The van der Waals surface area contributed by atoms with Gasteiger partial charge >= 0.3 is 0 Å². The number of carbonyl (C=O) groups is 1. The average Bonchev–Trinajstić information content (AvgIpc) is 2.45. The lowest BCUT2D eigenvalue weighted by Crippen LogP contribution is -2.13. The van der Waals surface area contributed by atoms with Crippen LogP contribution in [0, 0.1) is 13.8 Å². The molecule has 21 heavy (non-hydrogen) atoms. The van der Waals surface area contributed by atoms with E-state index >= 15 is 0 Å². The molecule has 3 nitrogen and oxygen atoms in total. The molecule has 2 rings (SSSR count). The summed E-state index contributed by atoms with van der Waals surface area (Å²) >= 11 is 0. The van der Waals surface area contributed by atoms with Gasteiger partial charge in [0.05, 0.1) is 13.0 Å². The van der Waals surface area contributed by atoms with Crippen LogP contribution in [0.2, 0.25) is 0 Å². The number of hydrogen-bond donors (Lipinski definition) is 1. The fourth-order valence-electron chi connectivity index (χ4n) is 2.18. The Morgan fingerprint density at radius 2 is 1.71 bits per heavy atom. The molecule has 0 atom stereocenters. The van der Waals surface area contributed by atoms with Gasteiger partial charge in [-0.25, -0.2) is 0 Å². The average molecular weight is 283 g/mol. The molecule has 0 bridgehead atoms. The quantitative estimate of drug-likeness (QED) is 0.886. The normalized spacial score (nSPS) is 10.4. The van der Waals surface area contributed by atoms with E-state index in [1.54, 1.807) is 0 Å². The van der Waals surface area contributed by atoms with E-state index in [4.69, 9.17) is 10.5 Å². The molecule has 0 aliphatic rings. The molecule has 0 aliphatic heterocycles. The lowest BCUT2D eigenvalue weighted by Gasteiger charge is -2.11. The van der Waals surface area contributed by atoms with Crippen molar-refractivity contribution in [1.82, 2.24) is 0 Å². The Kier molecular flexibility index (Phi) is 4.99. The van der Waals surface area contributed by atoms with Gasteiger partial charge in [-0.2, -0.15) is 0 Å². The SMILES string of the molecule is Cc1cccc(OCCc2ccc(CC(N)=O)cc2)c1C. The van der Waals surface area contributed by atoms with E-state index in [1.807, 2.05) is 36.4 Å². The van der Waals surface area contributed by atoms with Crippen LogP contribution in [0.5, 0.6) is 5.75 Å². The van der Waals surface area contributed by atoms with Crippen molar-refractivity contribution in [3.05, 3.63) is 64.7 Å². The zero-order valence-corrected chi connectivity index (χ0v) is 12.6. The molecular weight excluding hydrogens is 262 g/mol. The molecule has 110 valence electrons. The number of nitrogens with two attached hydrogens (primary N) is 1. The van der Waals surface area contributed by atoms with Crippen molar-refractivity contribution < 1.29 is 9.53 Å². The van der Waals surface area contributed by atoms with Crippen LogP contribution in [0.25, 0.3) is 0 Å². The third-order valence-corrected chi connectivity index (χ3v) is 3.60. The summed E-state index contributed by atoms with van der Waals surface area (Å²) in [7, 11) is 0. The fourth-order valence-corrected chi connectivity index (χ4v) is 2.18. The second-order valence-electron chi connectivity index (χ2n) is 5.26. The lowest BCUT2D eigenvalue weighted by atomic mass is 10.1. The highest BCUT2D eigenvalue weighted by Crippen LogP contribution is 2.20. The number of amides is 1. The predicted molar refractivity (Wildman–Crippen MR) is 84.5 cm³/mol. The first-order valence-electron chi connectivity index (χ1n) is 7.11. The van der Waals surface area contributed by atoms with Crippen LogP contribution in [0.1, 0.15) is 22.3 Å². The molecule has 0 saturated carbocycles. The van der Waals surface area contributed by atoms with E-state index in [1.165, 1.54) is 16.7 Å². The first-order valence-corrected chi connectivity index (χ1v) is 7.11. The Morgan fingerprint density at radius 1 is 1.05 bits per heavy atom. The van der Waals surface area contributed by atoms with E-state index in [0.717, 1.165) is 17.7 Å². The van der Waals surface area contributed by atoms with Crippen molar-refractivity contribution in [3.8, 4) is 5.75 Å². The molecule has 0 aromatic heterocycles. The Labute approximate surface area is 125 Å². The molecule has 0 heterocycles. The van der Waals surface area contributed by atoms with Crippen LogP contribution < -0.4 is 10.5 Å². The van der Waals surface area contributed by atoms with E-state index in [0.29, 0.717) is 13.0 Å². The topological polar surface area (TPSA) is 52.3 Å². The molecule has 0 unspecified atom stereocenters. The van der Waals surface area contributed by atoms with Gasteiger partial charge < -0.3 is 10.5 Å². The zero-order valence-electron chi connectivity index (χ0n) is 12.6. The third kappa shape index (κ3) is 4.35. The molecule has 1 amide bonds. The number of hydrogen-bond acceptors (Lipinski definition) is 2. The number of aryl methyl sites for hydroxylation is 1. The van der Waals surface area contributed by atoms with Crippen LogP contribution in [0.15, 0.2) is 42.5 Å². The summed E-state index contributed by atoms with van der Waals surface area (Å²) in [5, 5.41) is 0. The van der Waals surface area contributed by atoms with Crippen molar-refractivity contribution >= 4 is 5.91 Å². The van der Waals surface area contributed by atoms with E-state index in [9.17, 15) is 4.79 Å². The summed E-state index contributed by atoms with van der Waals surface area (Å²) in [4.78, 5) is 10.8. The monoisotopic (exact) mass is 283 g/mol. The van der Waals surface area contributed by atoms with Gasteiger partial charge in [-0.3, -0.25) is 4.79 Å². The van der Waals surface area contributed by atoms with Gasteiger partial charge in [0, 0.05) is 6.42 Å². The molecule has 0 spiro atoms. The Hall–Kier alpha value is -2.29. The largest absolute Gasteiger partial charge is 0.493 e. The highest BCUT2D eigenvalue weighted by molar-refractivity contribution is 5.76. The minimum atomic E-state index is -0.305. The Morgan fingerprint density at radius 3 is 2.38 bits per heavy atom. The summed E-state index contributed by atoms with van der Waals surface area (Å²) < 4.78 is 5.84. The summed E-state index contributed by atoms with van der Waals surface area (Å²) in [5.41, 5.74) is 9.74. The van der Waals surface area contributed by atoms with Gasteiger partial charge in [0.15, 0.2) is 0 Å². The first kappa shape index (κ1) is 15.1. The highest BCUT2D eigenvalue weighted by atomic mass is 16.5. The predicted octanol–water partition coefficient (Wildman–Crippen LogP) is 2.95. The number of carbonyl (C=O) groups excluding carboxylic acids is 1. The standard InChI is InChI=1S/C18H21NO2/c1-13-4-3-5-17(14(13)2)21-11-10-15-6-8-16(9-7-15)12-18(19)20/h3-9H,10-12H2,1-2H3,(H2,19,20). The van der Waals surface area contributed by atoms with Crippen LogP contribution in [-0.4, -0.2) is 12.5 Å². The maximum absolute atomic E-state index is 10.8. The van der Waals surface area contributed by atoms with Crippen molar-refractivity contribution in [2.24, 2.45) is 5.73 Å².